The molecule has 0 aromatic carbocycles. The van der Waals surface area contributed by atoms with Gasteiger partial charge in [0.1, 0.15) is 13.2 Å². The van der Waals surface area contributed by atoms with Crippen molar-refractivity contribution in [2.75, 3.05) is 20.3 Å². The van der Waals surface area contributed by atoms with Crippen LogP contribution in [-0.2, 0) is 19.0 Å². The van der Waals surface area contributed by atoms with E-state index in [1.165, 1.54) is 13.2 Å². The highest BCUT2D eigenvalue weighted by Gasteiger charge is 2.54. The van der Waals surface area contributed by atoms with E-state index in [1.807, 2.05) is 19.9 Å². The van der Waals surface area contributed by atoms with E-state index in [2.05, 4.69) is 4.74 Å². The second kappa shape index (κ2) is 12.2. The summed E-state index contributed by atoms with van der Waals surface area (Å²) in [5.74, 6) is -0.430. The molecule has 1 aliphatic carbocycles. The van der Waals surface area contributed by atoms with Gasteiger partial charge >= 0.3 is 18.2 Å². The largest absolute Gasteiger partial charge is 0.466 e. The van der Waals surface area contributed by atoms with Gasteiger partial charge in [-0.1, -0.05) is 95.6 Å². The molecule has 2 aliphatic rings. The smallest absolute Gasteiger partial charge is 0.429 e. The minimum atomic E-state index is -1.82. The van der Waals surface area contributed by atoms with Gasteiger partial charge < -0.3 is 14.2 Å². The molecule has 1 saturated heterocycles. The summed E-state index contributed by atoms with van der Waals surface area (Å²) in [4.78, 5) is 37.1. The van der Waals surface area contributed by atoms with Gasteiger partial charge in [0, 0.05) is 6.08 Å². The fraction of sp³-hybridized carbons (Fsp3) is 0.667. The van der Waals surface area contributed by atoms with Gasteiger partial charge in [0.15, 0.2) is 0 Å². The van der Waals surface area contributed by atoms with Gasteiger partial charge in [-0.15, -0.1) is 0 Å². The predicted molar refractivity (Wildman–Crippen MR) is 136 cm³/mol. The summed E-state index contributed by atoms with van der Waals surface area (Å²) in [7, 11) is 1.31. The average Bonchev–Trinajstić information content (AvgIpc) is 3.28. The fourth-order valence-corrected chi connectivity index (χ4v) is 4.17. The summed E-state index contributed by atoms with van der Waals surface area (Å²) in [5.41, 5.74) is 0.632. The number of hydrazine groups is 1. The van der Waals surface area contributed by atoms with E-state index in [-0.39, 0.29) is 5.41 Å². The molecule has 0 spiro atoms. The van der Waals surface area contributed by atoms with Crippen molar-refractivity contribution in [3.8, 4) is 0 Å². The van der Waals surface area contributed by atoms with Crippen molar-refractivity contribution >= 4 is 87.8 Å². The average molecular weight is 615 g/mol. The van der Waals surface area contributed by atoms with Crippen LogP contribution >= 0.6 is 69.6 Å². The maximum atomic E-state index is 12.9. The molecule has 0 aromatic rings. The zero-order chi connectivity index (χ0) is 26.6. The van der Waals surface area contributed by atoms with Crippen molar-refractivity contribution in [2.45, 2.75) is 59.2 Å². The quantitative estimate of drug-likeness (QED) is 0.107. The van der Waals surface area contributed by atoms with Crippen LogP contribution in [-0.4, -0.2) is 68.2 Å². The molecule has 2 fully saturated rings. The maximum absolute atomic E-state index is 12.9. The van der Waals surface area contributed by atoms with Crippen LogP contribution in [0.4, 0.5) is 9.59 Å². The Morgan fingerprint density at radius 3 is 1.74 bits per heavy atom. The summed E-state index contributed by atoms with van der Waals surface area (Å²) in [6, 6.07) is -0.908. The van der Waals surface area contributed by atoms with E-state index in [9.17, 15) is 14.4 Å². The van der Waals surface area contributed by atoms with Crippen molar-refractivity contribution in [2.24, 2.45) is 5.41 Å². The topological polar surface area (TPSA) is 85.4 Å². The molecule has 198 valence electrons. The summed E-state index contributed by atoms with van der Waals surface area (Å²) in [5, 5.41) is 2.31. The summed E-state index contributed by atoms with van der Waals surface area (Å²) in [6.45, 7) is 3.03. The molecule has 2 amide bonds. The predicted octanol–water partition coefficient (Wildman–Crippen LogP) is 6.53. The highest BCUT2D eigenvalue weighted by molar-refractivity contribution is 6.68. The number of halogens is 6. The normalized spacial score (nSPS) is 20.4. The number of alkyl halides is 6. The molecular weight excluding hydrogens is 589 g/mol. The number of hydrogen-bond donors (Lipinski definition) is 0. The standard InChI is InChI=1S/C21H26Cl6N2O6/c1-19(2,9-4-5-16(30)33-3)10-8-13-14-6-7-15(13)29(18(32)35-12-21(25,26)27)28(14)17(31)34-11-20(22,23)24/h4-5,8,14-15H,6-7,9-12H2,1-3H3/b5-4+,13-8?. The second-order valence-corrected chi connectivity index (χ2v) is 13.9. The first-order chi connectivity index (χ1) is 16.0. The Morgan fingerprint density at radius 1 is 0.886 bits per heavy atom. The molecule has 35 heavy (non-hydrogen) atoms. The van der Waals surface area contributed by atoms with Crippen molar-refractivity contribution in [3.05, 3.63) is 23.8 Å². The number of nitrogens with zero attached hydrogens (tertiary/aromatic N) is 2. The monoisotopic (exact) mass is 612 g/mol. The number of esters is 1. The van der Waals surface area contributed by atoms with Crippen molar-refractivity contribution in [1.82, 2.24) is 10.0 Å². The minimum absolute atomic E-state index is 0.221. The Balaban J connectivity index is 2.24. The van der Waals surface area contributed by atoms with Crippen LogP contribution in [0.2, 0.25) is 0 Å². The van der Waals surface area contributed by atoms with E-state index < -0.39 is 51.0 Å². The Kier molecular flexibility index (Phi) is 10.6. The Labute approximate surface area is 234 Å². The van der Waals surface area contributed by atoms with Crippen molar-refractivity contribution in [1.29, 1.82) is 0 Å². The van der Waals surface area contributed by atoms with E-state index >= 15 is 0 Å². The van der Waals surface area contributed by atoms with Crippen LogP contribution in [0.25, 0.3) is 0 Å². The summed E-state index contributed by atoms with van der Waals surface area (Å²) < 4.78 is 11.2. The molecular formula is C21H26Cl6N2O6. The lowest BCUT2D eigenvalue weighted by atomic mass is 9.84. The van der Waals surface area contributed by atoms with Gasteiger partial charge in [-0.05, 0) is 36.7 Å². The number of amides is 2. The first-order valence-corrected chi connectivity index (χ1v) is 12.8. The van der Waals surface area contributed by atoms with Gasteiger partial charge in [-0.2, -0.15) is 0 Å². The van der Waals surface area contributed by atoms with Gasteiger partial charge in [0.2, 0.25) is 7.59 Å². The number of rotatable bonds is 7. The molecule has 14 heteroatoms. The van der Waals surface area contributed by atoms with E-state index in [0.29, 0.717) is 25.7 Å². The molecule has 0 N–H and O–H groups in total. The van der Waals surface area contributed by atoms with Crippen LogP contribution in [0.1, 0.15) is 39.5 Å². The second-order valence-electron chi connectivity index (χ2n) is 8.84. The molecule has 0 aromatic heterocycles. The third-order valence-corrected chi connectivity index (χ3v) is 6.07. The molecule has 2 bridgehead atoms. The first kappa shape index (κ1) is 30.5. The zero-order valence-electron chi connectivity index (χ0n) is 19.2. The molecule has 0 radical (unpaired) electrons. The van der Waals surface area contributed by atoms with E-state index in [4.69, 9.17) is 79.1 Å². The number of hydrogen-bond acceptors (Lipinski definition) is 6. The lowest BCUT2D eigenvalue weighted by molar-refractivity contribution is -0.134. The molecule has 1 saturated carbocycles. The van der Waals surface area contributed by atoms with Gasteiger partial charge in [-0.25, -0.2) is 24.4 Å². The van der Waals surface area contributed by atoms with Gasteiger partial charge in [0.05, 0.1) is 19.2 Å². The van der Waals surface area contributed by atoms with Crippen LogP contribution < -0.4 is 0 Å². The Hall–Kier alpha value is -0.770. The Bertz CT molecular complexity index is 821. The van der Waals surface area contributed by atoms with Gasteiger partial charge in [0.25, 0.3) is 0 Å². The van der Waals surface area contributed by atoms with Crippen LogP contribution in [0.3, 0.4) is 0 Å². The maximum Gasteiger partial charge on any atom is 0.429 e. The Morgan fingerprint density at radius 2 is 1.34 bits per heavy atom. The third kappa shape index (κ3) is 9.24. The number of carbonyl (C=O) groups is 3. The highest BCUT2D eigenvalue weighted by atomic mass is 35.6. The first-order valence-electron chi connectivity index (χ1n) is 10.5. The highest BCUT2D eigenvalue weighted by Crippen LogP contribution is 2.44. The fourth-order valence-electron chi connectivity index (χ4n) is 3.84. The lowest BCUT2D eigenvalue weighted by Crippen LogP contribution is -2.54. The number of ether oxygens (including phenoxy) is 3. The van der Waals surface area contributed by atoms with Crippen molar-refractivity contribution < 1.29 is 28.6 Å². The van der Waals surface area contributed by atoms with Crippen LogP contribution in [0.15, 0.2) is 23.8 Å². The van der Waals surface area contributed by atoms with Crippen molar-refractivity contribution in [3.63, 3.8) is 0 Å². The zero-order valence-corrected chi connectivity index (χ0v) is 23.8. The molecule has 2 unspecified atom stereocenters. The third-order valence-electron chi connectivity index (χ3n) is 5.41. The molecule has 1 aliphatic heterocycles. The number of allylic oxidation sites excluding steroid dienone is 2. The summed E-state index contributed by atoms with van der Waals surface area (Å²) >= 11 is 34.2. The van der Waals surface area contributed by atoms with Crippen LogP contribution in [0, 0.1) is 5.41 Å². The number of methoxy groups -OCH3 is 1. The number of carbonyl (C=O) groups excluding carboxylic acids is 3. The van der Waals surface area contributed by atoms with Gasteiger partial charge in [-0.3, -0.25) is 0 Å². The molecule has 2 rings (SSSR count). The molecule has 1 heterocycles. The van der Waals surface area contributed by atoms with E-state index in [0.717, 1.165) is 15.6 Å². The number of fused-ring (bicyclic) bond motifs is 2. The minimum Gasteiger partial charge on any atom is -0.466 e. The lowest BCUT2D eigenvalue weighted by Gasteiger charge is -2.35. The summed E-state index contributed by atoms with van der Waals surface area (Å²) in [6.07, 6.45) is 5.76. The van der Waals surface area contributed by atoms with E-state index in [1.54, 1.807) is 6.08 Å². The molecule has 2 atom stereocenters. The molecule has 8 nitrogen and oxygen atoms in total. The SMILES string of the molecule is COC(=O)/C=C/CC(C)(C)CC=C1C2CCC1N(C(=O)OCC(Cl)(Cl)Cl)N2C(=O)OCC(Cl)(Cl)Cl. The van der Waals surface area contributed by atoms with Crippen LogP contribution in [0.5, 0.6) is 0 Å².